The average Bonchev–Trinajstić information content (AvgIpc) is 2.21. The van der Waals surface area contributed by atoms with Crippen LogP contribution in [0, 0.1) is 5.92 Å². The molecule has 1 fully saturated rings. The van der Waals surface area contributed by atoms with Crippen LogP contribution in [0.2, 0.25) is 0 Å². The molecule has 1 aliphatic heterocycles. The molecule has 2 rings (SSSR count). The van der Waals surface area contributed by atoms with Crippen LogP contribution in [0.4, 0.5) is 0 Å². The molecule has 1 aromatic rings. The van der Waals surface area contributed by atoms with Gasteiger partial charge in [-0.25, -0.2) is 9.97 Å². The lowest BCUT2D eigenvalue weighted by atomic mass is 9.89. The molecule has 18 heavy (non-hydrogen) atoms. The Bertz CT molecular complexity index is 445. The van der Waals surface area contributed by atoms with Gasteiger partial charge < -0.3 is 4.90 Å². The zero-order valence-corrected chi connectivity index (χ0v) is 11.6. The van der Waals surface area contributed by atoms with Gasteiger partial charge >= 0.3 is 0 Å². The third-order valence-corrected chi connectivity index (χ3v) is 3.39. The van der Waals surface area contributed by atoms with Crippen LogP contribution in [0.5, 0.6) is 0 Å². The fourth-order valence-electron chi connectivity index (χ4n) is 2.17. The van der Waals surface area contributed by atoms with E-state index in [1.165, 1.54) is 0 Å². The Kier molecular flexibility index (Phi) is 3.37. The van der Waals surface area contributed by atoms with E-state index in [1.807, 2.05) is 4.90 Å². The first-order valence-electron chi connectivity index (χ1n) is 6.43. The third-order valence-electron chi connectivity index (χ3n) is 3.39. The van der Waals surface area contributed by atoms with Gasteiger partial charge in [-0.15, -0.1) is 0 Å². The van der Waals surface area contributed by atoms with Gasteiger partial charge in [0.15, 0.2) is 0 Å². The first kappa shape index (κ1) is 13.0. The van der Waals surface area contributed by atoms with Gasteiger partial charge in [0, 0.05) is 36.8 Å². The van der Waals surface area contributed by atoms with E-state index in [4.69, 9.17) is 0 Å². The van der Waals surface area contributed by atoms with E-state index >= 15 is 0 Å². The highest BCUT2D eigenvalue weighted by atomic mass is 16.2. The van der Waals surface area contributed by atoms with Crippen LogP contribution in [-0.4, -0.2) is 33.9 Å². The highest BCUT2D eigenvalue weighted by Gasteiger charge is 2.29. The topological polar surface area (TPSA) is 46.1 Å². The lowest BCUT2D eigenvalue weighted by Gasteiger charge is -2.38. The Morgan fingerprint density at radius 2 is 2.06 bits per heavy atom. The maximum absolute atomic E-state index is 11.1. The molecule has 0 spiro atoms. The molecule has 4 heteroatoms. The van der Waals surface area contributed by atoms with E-state index in [1.54, 1.807) is 13.3 Å². The molecule has 0 bridgehead atoms. The Labute approximate surface area is 108 Å². The van der Waals surface area contributed by atoms with Gasteiger partial charge in [0.05, 0.1) is 0 Å². The summed E-state index contributed by atoms with van der Waals surface area (Å²) in [7, 11) is 0. The van der Waals surface area contributed by atoms with E-state index in [-0.39, 0.29) is 11.3 Å². The number of hydrogen-bond donors (Lipinski definition) is 0. The Balaban J connectivity index is 1.97. The maximum Gasteiger partial charge on any atom is 0.219 e. The first-order valence-corrected chi connectivity index (χ1v) is 6.43. The summed E-state index contributed by atoms with van der Waals surface area (Å²) in [5.41, 5.74) is 2.22. The van der Waals surface area contributed by atoms with Gasteiger partial charge in [0.25, 0.3) is 0 Å². The van der Waals surface area contributed by atoms with Crippen molar-refractivity contribution in [2.24, 2.45) is 5.92 Å². The van der Waals surface area contributed by atoms with Crippen molar-refractivity contribution in [2.45, 2.75) is 39.5 Å². The molecule has 0 atom stereocenters. The van der Waals surface area contributed by atoms with Crippen molar-refractivity contribution >= 4 is 5.91 Å². The number of hydrogen-bond acceptors (Lipinski definition) is 3. The lowest BCUT2D eigenvalue weighted by molar-refractivity contribution is -0.134. The molecule has 0 aliphatic carbocycles. The van der Waals surface area contributed by atoms with Gasteiger partial charge in [-0.05, 0) is 18.4 Å². The van der Waals surface area contributed by atoms with Crippen LogP contribution in [0.15, 0.2) is 12.4 Å². The lowest BCUT2D eigenvalue weighted by Crippen LogP contribution is -2.49. The quantitative estimate of drug-likeness (QED) is 0.800. The summed E-state index contributed by atoms with van der Waals surface area (Å²) >= 11 is 0. The van der Waals surface area contributed by atoms with E-state index in [9.17, 15) is 4.79 Å². The van der Waals surface area contributed by atoms with E-state index in [0.717, 1.165) is 30.9 Å². The molecule has 2 heterocycles. The second-order valence-corrected chi connectivity index (χ2v) is 6.14. The number of likely N-dealkylation sites (tertiary alicyclic amines) is 1. The number of carbonyl (C=O) groups is 1. The van der Waals surface area contributed by atoms with E-state index in [0.29, 0.717) is 5.92 Å². The fraction of sp³-hybridized carbons (Fsp3) is 0.643. The molecule has 0 N–H and O–H groups in total. The monoisotopic (exact) mass is 247 g/mol. The van der Waals surface area contributed by atoms with Crippen LogP contribution in [0.1, 0.15) is 39.1 Å². The molecular formula is C14H21N3O. The summed E-state index contributed by atoms with van der Waals surface area (Å²) in [6, 6.07) is 2.09. The van der Waals surface area contributed by atoms with Crippen molar-refractivity contribution in [3.8, 4) is 0 Å². The zero-order chi connectivity index (χ0) is 13.3. The number of rotatable bonds is 2. The van der Waals surface area contributed by atoms with Crippen LogP contribution >= 0.6 is 0 Å². The molecule has 1 amide bonds. The minimum atomic E-state index is 0.0583. The largest absolute Gasteiger partial charge is 0.342 e. The van der Waals surface area contributed by atoms with E-state index < -0.39 is 0 Å². The summed E-state index contributed by atoms with van der Waals surface area (Å²) < 4.78 is 0. The van der Waals surface area contributed by atoms with E-state index in [2.05, 4.69) is 36.8 Å². The van der Waals surface area contributed by atoms with Crippen LogP contribution < -0.4 is 0 Å². The van der Waals surface area contributed by atoms with Crippen molar-refractivity contribution in [1.82, 2.24) is 14.9 Å². The first-order chi connectivity index (χ1) is 8.36. The summed E-state index contributed by atoms with van der Waals surface area (Å²) in [6.45, 7) is 9.81. The second kappa shape index (κ2) is 4.67. The van der Waals surface area contributed by atoms with Crippen LogP contribution in [-0.2, 0) is 16.6 Å². The molecular weight excluding hydrogens is 226 g/mol. The molecule has 1 saturated heterocycles. The molecule has 0 unspecified atom stereocenters. The highest BCUT2D eigenvalue weighted by molar-refractivity contribution is 5.74. The Morgan fingerprint density at radius 1 is 1.39 bits per heavy atom. The van der Waals surface area contributed by atoms with Gasteiger partial charge in [0.1, 0.15) is 6.33 Å². The van der Waals surface area contributed by atoms with Crippen LogP contribution in [0.25, 0.3) is 0 Å². The summed E-state index contributed by atoms with van der Waals surface area (Å²) in [6.07, 6.45) is 2.59. The summed E-state index contributed by atoms with van der Waals surface area (Å²) in [5, 5.41) is 0. The van der Waals surface area contributed by atoms with Gasteiger partial charge in [-0.2, -0.15) is 0 Å². The van der Waals surface area contributed by atoms with Crippen molar-refractivity contribution in [2.75, 3.05) is 13.1 Å². The molecule has 0 radical (unpaired) electrons. The molecule has 1 aromatic heterocycles. The van der Waals surface area contributed by atoms with Crippen molar-refractivity contribution in [3.05, 3.63) is 23.8 Å². The maximum atomic E-state index is 11.1. The molecule has 0 aromatic carbocycles. The fourth-order valence-corrected chi connectivity index (χ4v) is 2.17. The summed E-state index contributed by atoms with van der Waals surface area (Å²) in [4.78, 5) is 21.6. The number of nitrogens with zero attached hydrogens (tertiary/aromatic N) is 3. The Morgan fingerprint density at radius 3 is 2.61 bits per heavy atom. The van der Waals surface area contributed by atoms with Gasteiger partial charge in [0.2, 0.25) is 5.91 Å². The molecule has 1 aliphatic rings. The van der Waals surface area contributed by atoms with Crippen LogP contribution in [0.3, 0.4) is 0 Å². The van der Waals surface area contributed by atoms with Crippen molar-refractivity contribution in [1.29, 1.82) is 0 Å². The summed E-state index contributed by atoms with van der Waals surface area (Å²) in [5.74, 6) is 0.723. The van der Waals surface area contributed by atoms with Gasteiger partial charge in [-0.1, -0.05) is 20.8 Å². The minimum Gasteiger partial charge on any atom is -0.342 e. The normalized spacial score (nSPS) is 16.6. The molecule has 0 saturated carbocycles. The second-order valence-electron chi connectivity index (χ2n) is 6.14. The standard InChI is InChI=1S/C14H21N3O/c1-10(18)17-7-11(8-17)5-12-6-13(14(2,3)4)16-9-15-12/h6,9,11H,5,7-8H2,1-4H3. The molecule has 4 nitrogen and oxygen atoms in total. The van der Waals surface area contributed by atoms with Crippen molar-refractivity contribution < 1.29 is 4.79 Å². The van der Waals surface area contributed by atoms with Gasteiger partial charge in [-0.3, -0.25) is 4.79 Å². The average molecular weight is 247 g/mol. The number of amides is 1. The number of aromatic nitrogens is 2. The van der Waals surface area contributed by atoms with Crippen molar-refractivity contribution in [3.63, 3.8) is 0 Å². The Hall–Kier alpha value is -1.45. The zero-order valence-electron chi connectivity index (χ0n) is 11.6. The number of carbonyl (C=O) groups excluding carboxylic acids is 1. The minimum absolute atomic E-state index is 0.0583. The third kappa shape index (κ3) is 2.86. The predicted octanol–water partition coefficient (Wildman–Crippen LogP) is 1.79. The molecule has 98 valence electrons. The predicted molar refractivity (Wildman–Crippen MR) is 70.2 cm³/mol. The highest BCUT2D eigenvalue weighted by Crippen LogP contribution is 2.23. The SMILES string of the molecule is CC(=O)N1CC(Cc2cc(C(C)(C)C)ncn2)C1. The smallest absolute Gasteiger partial charge is 0.219 e.